The summed E-state index contributed by atoms with van der Waals surface area (Å²) in [6, 6.07) is 7.74. The minimum Gasteiger partial charge on any atom is -0.353 e. The molecule has 1 heterocycles. The highest BCUT2D eigenvalue weighted by Crippen LogP contribution is 2.25. The molecule has 1 unspecified atom stereocenters. The Labute approximate surface area is 151 Å². The van der Waals surface area contributed by atoms with Crippen LogP contribution in [0.2, 0.25) is 0 Å². The molecule has 1 aliphatic rings. The first-order chi connectivity index (χ1) is 12.0. The number of sulfonamides is 1. The van der Waals surface area contributed by atoms with Gasteiger partial charge in [0.25, 0.3) is 0 Å². The molecule has 1 aliphatic heterocycles. The summed E-state index contributed by atoms with van der Waals surface area (Å²) in [4.78, 5) is 15.1. The molecule has 0 aromatic heterocycles. The Kier molecular flexibility index (Phi) is 7.40. The first-order valence-corrected chi connectivity index (χ1v) is 10.5. The molecule has 1 N–H and O–H groups in total. The van der Waals surface area contributed by atoms with Crippen LogP contribution in [0.25, 0.3) is 0 Å². The summed E-state index contributed by atoms with van der Waals surface area (Å²) < 4.78 is 27.2. The Morgan fingerprint density at radius 3 is 2.52 bits per heavy atom. The monoisotopic (exact) mass is 367 g/mol. The van der Waals surface area contributed by atoms with E-state index in [0.717, 1.165) is 32.5 Å². The Balaban J connectivity index is 2.06. The van der Waals surface area contributed by atoms with Crippen LogP contribution >= 0.6 is 0 Å². The first-order valence-electron chi connectivity index (χ1n) is 9.07. The van der Waals surface area contributed by atoms with Crippen LogP contribution in [0.15, 0.2) is 35.2 Å². The van der Waals surface area contributed by atoms with Crippen molar-refractivity contribution < 1.29 is 13.2 Å². The predicted molar refractivity (Wildman–Crippen MR) is 98.8 cm³/mol. The number of nitrogens with one attached hydrogen (secondary N) is 1. The molecule has 7 heteroatoms. The number of piperidine rings is 1. The highest BCUT2D eigenvalue weighted by Gasteiger charge is 2.37. The van der Waals surface area contributed by atoms with Crippen LogP contribution in [0.5, 0.6) is 0 Å². The summed E-state index contributed by atoms with van der Waals surface area (Å²) >= 11 is 0. The minimum absolute atomic E-state index is 0.189. The van der Waals surface area contributed by atoms with Gasteiger partial charge in [-0.2, -0.15) is 4.31 Å². The lowest BCUT2D eigenvalue weighted by molar-refractivity contribution is -0.125. The van der Waals surface area contributed by atoms with E-state index < -0.39 is 16.1 Å². The maximum atomic E-state index is 12.9. The molecule has 1 fully saturated rings. The average Bonchev–Trinajstić information content (AvgIpc) is 2.66. The largest absolute Gasteiger partial charge is 0.353 e. The number of likely N-dealkylation sites (N-methyl/N-ethyl adjacent to an activating group) is 1. The average molecular weight is 368 g/mol. The van der Waals surface area contributed by atoms with Crippen LogP contribution in [-0.4, -0.2) is 62.3 Å². The van der Waals surface area contributed by atoms with Gasteiger partial charge in [-0.25, -0.2) is 8.42 Å². The Morgan fingerprint density at radius 2 is 1.88 bits per heavy atom. The van der Waals surface area contributed by atoms with Crippen molar-refractivity contribution in [1.82, 2.24) is 14.5 Å². The van der Waals surface area contributed by atoms with Crippen molar-refractivity contribution in [2.45, 2.75) is 44.0 Å². The van der Waals surface area contributed by atoms with Crippen LogP contribution < -0.4 is 5.32 Å². The summed E-state index contributed by atoms with van der Waals surface area (Å²) in [7, 11) is -3.64. The molecule has 0 saturated carbocycles. The number of benzene rings is 1. The highest BCUT2D eigenvalue weighted by atomic mass is 32.2. The van der Waals surface area contributed by atoms with E-state index in [1.807, 2.05) is 0 Å². The van der Waals surface area contributed by atoms with E-state index >= 15 is 0 Å². The summed E-state index contributed by atoms with van der Waals surface area (Å²) in [6.45, 7) is 7.74. The van der Waals surface area contributed by atoms with Gasteiger partial charge < -0.3 is 10.2 Å². The van der Waals surface area contributed by atoms with Crippen molar-refractivity contribution in [3.63, 3.8) is 0 Å². The van der Waals surface area contributed by atoms with Gasteiger partial charge in [-0.05, 0) is 38.1 Å². The van der Waals surface area contributed by atoms with Gasteiger partial charge in [-0.1, -0.05) is 38.5 Å². The number of nitrogens with zero attached hydrogens (tertiary/aromatic N) is 2. The molecule has 0 aliphatic carbocycles. The number of rotatable bonds is 8. The third kappa shape index (κ3) is 5.03. The zero-order valence-electron chi connectivity index (χ0n) is 15.1. The van der Waals surface area contributed by atoms with Crippen molar-refractivity contribution in [3.8, 4) is 0 Å². The highest BCUT2D eigenvalue weighted by molar-refractivity contribution is 7.89. The summed E-state index contributed by atoms with van der Waals surface area (Å²) in [5.41, 5.74) is 0. The lowest BCUT2D eigenvalue weighted by Gasteiger charge is -2.33. The van der Waals surface area contributed by atoms with E-state index in [-0.39, 0.29) is 10.8 Å². The normalized spacial score (nSPS) is 19.1. The van der Waals surface area contributed by atoms with Gasteiger partial charge in [0.2, 0.25) is 15.9 Å². The SMILES string of the molecule is CCN(CC)CCNC(=O)C1CCCCN1S(=O)(=O)c1ccccc1. The maximum Gasteiger partial charge on any atom is 0.243 e. The number of carbonyl (C=O) groups is 1. The van der Waals surface area contributed by atoms with Crippen LogP contribution in [0.4, 0.5) is 0 Å². The van der Waals surface area contributed by atoms with Gasteiger partial charge in [0, 0.05) is 19.6 Å². The topological polar surface area (TPSA) is 69.7 Å². The van der Waals surface area contributed by atoms with Gasteiger partial charge in [0.15, 0.2) is 0 Å². The van der Waals surface area contributed by atoms with Crippen LogP contribution in [0.1, 0.15) is 33.1 Å². The lowest BCUT2D eigenvalue weighted by atomic mass is 10.0. The quantitative estimate of drug-likeness (QED) is 0.759. The Bertz CT molecular complexity index is 645. The molecule has 1 amide bonds. The number of carbonyl (C=O) groups excluding carboxylic acids is 1. The van der Waals surface area contributed by atoms with E-state index in [1.165, 1.54) is 4.31 Å². The smallest absolute Gasteiger partial charge is 0.243 e. The van der Waals surface area contributed by atoms with Gasteiger partial charge in [0.05, 0.1) is 4.90 Å². The molecular weight excluding hydrogens is 338 g/mol. The molecule has 2 rings (SSSR count). The van der Waals surface area contributed by atoms with Crippen molar-refractivity contribution in [1.29, 1.82) is 0 Å². The molecule has 6 nitrogen and oxygen atoms in total. The molecular formula is C18H29N3O3S. The van der Waals surface area contributed by atoms with Gasteiger partial charge in [-0.3, -0.25) is 4.79 Å². The summed E-state index contributed by atoms with van der Waals surface area (Å²) in [6.07, 6.45) is 2.23. The number of amides is 1. The molecule has 140 valence electrons. The second-order valence-corrected chi connectivity index (χ2v) is 8.15. The maximum absolute atomic E-state index is 12.9. The van der Waals surface area contributed by atoms with Crippen LogP contribution in [0.3, 0.4) is 0 Å². The Hall–Kier alpha value is -1.44. The van der Waals surface area contributed by atoms with E-state index in [4.69, 9.17) is 0 Å². The van der Waals surface area contributed by atoms with Gasteiger partial charge in [0.1, 0.15) is 6.04 Å². The fourth-order valence-corrected chi connectivity index (χ4v) is 4.85. The van der Waals surface area contributed by atoms with E-state index in [2.05, 4.69) is 24.1 Å². The van der Waals surface area contributed by atoms with Crippen LogP contribution in [0, 0.1) is 0 Å². The molecule has 1 atom stereocenters. The van der Waals surface area contributed by atoms with Gasteiger partial charge >= 0.3 is 0 Å². The van der Waals surface area contributed by atoms with Crippen molar-refractivity contribution in [2.24, 2.45) is 0 Å². The second-order valence-electron chi connectivity index (χ2n) is 6.26. The van der Waals surface area contributed by atoms with Crippen LogP contribution in [-0.2, 0) is 14.8 Å². The Morgan fingerprint density at radius 1 is 1.20 bits per heavy atom. The third-order valence-electron chi connectivity index (χ3n) is 4.73. The van der Waals surface area contributed by atoms with E-state index in [1.54, 1.807) is 30.3 Å². The minimum atomic E-state index is -3.64. The fourth-order valence-electron chi connectivity index (χ4n) is 3.18. The second kappa shape index (κ2) is 9.31. The lowest BCUT2D eigenvalue weighted by Crippen LogP contribution is -2.52. The van der Waals surface area contributed by atoms with E-state index in [9.17, 15) is 13.2 Å². The summed E-state index contributed by atoms with van der Waals surface area (Å²) in [5.74, 6) is -0.189. The molecule has 0 spiro atoms. The van der Waals surface area contributed by atoms with Gasteiger partial charge in [-0.15, -0.1) is 0 Å². The van der Waals surface area contributed by atoms with Crippen molar-refractivity contribution in [3.05, 3.63) is 30.3 Å². The zero-order chi connectivity index (χ0) is 18.3. The van der Waals surface area contributed by atoms with E-state index in [0.29, 0.717) is 19.5 Å². The molecule has 1 aromatic rings. The molecule has 25 heavy (non-hydrogen) atoms. The fraction of sp³-hybridized carbons (Fsp3) is 0.611. The first kappa shape index (κ1) is 19.9. The predicted octanol–water partition coefficient (Wildman–Crippen LogP) is 1.69. The summed E-state index contributed by atoms with van der Waals surface area (Å²) in [5, 5.41) is 2.92. The number of hydrogen-bond donors (Lipinski definition) is 1. The zero-order valence-corrected chi connectivity index (χ0v) is 16.0. The number of hydrogen-bond acceptors (Lipinski definition) is 4. The third-order valence-corrected chi connectivity index (χ3v) is 6.65. The molecule has 0 radical (unpaired) electrons. The van der Waals surface area contributed by atoms with Crippen molar-refractivity contribution in [2.75, 3.05) is 32.7 Å². The standard InChI is InChI=1S/C18H29N3O3S/c1-3-20(4-2)15-13-19-18(22)17-12-8-9-14-21(17)25(23,24)16-10-6-5-7-11-16/h5-7,10-11,17H,3-4,8-9,12-15H2,1-2H3,(H,19,22). The molecule has 0 bridgehead atoms. The molecule has 1 saturated heterocycles. The molecule has 1 aromatic carbocycles. The van der Waals surface area contributed by atoms with Crippen molar-refractivity contribution >= 4 is 15.9 Å².